The van der Waals surface area contributed by atoms with Crippen molar-refractivity contribution in [3.05, 3.63) is 30.1 Å². The fourth-order valence-corrected chi connectivity index (χ4v) is 3.06. The molecule has 1 fully saturated rings. The van der Waals surface area contributed by atoms with Gasteiger partial charge in [0.05, 0.1) is 0 Å². The summed E-state index contributed by atoms with van der Waals surface area (Å²) in [5, 5.41) is 0. The van der Waals surface area contributed by atoms with Gasteiger partial charge in [0.1, 0.15) is 0 Å². The fraction of sp³-hybridized carbons (Fsp3) is 0.583. The molecule has 2 heteroatoms. The van der Waals surface area contributed by atoms with Crippen LogP contribution in [0.5, 0.6) is 0 Å². The molecule has 14 heavy (non-hydrogen) atoms. The number of alkyl halides is 1. The number of halogens is 1. The number of nitrogens with zero attached hydrogens (tertiary/aromatic N) is 1. The van der Waals surface area contributed by atoms with E-state index in [1.54, 1.807) is 0 Å². The Labute approximate surface area is 94.1 Å². The van der Waals surface area contributed by atoms with E-state index in [0.717, 1.165) is 12.3 Å². The van der Waals surface area contributed by atoms with E-state index in [9.17, 15) is 0 Å². The van der Waals surface area contributed by atoms with Gasteiger partial charge in [0, 0.05) is 23.1 Å². The second-order valence-corrected chi connectivity index (χ2v) is 5.26. The second-order valence-electron chi connectivity index (χ2n) is 4.09. The lowest BCUT2D eigenvalue weighted by Crippen LogP contribution is -2.14. The first-order chi connectivity index (χ1) is 6.86. The highest BCUT2D eigenvalue weighted by Crippen LogP contribution is 2.32. The van der Waals surface area contributed by atoms with Gasteiger partial charge in [0.25, 0.3) is 0 Å². The minimum Gasteiger partial charge on any atom is -0.261 e. The third-order valence-electron chi connectivity index (χ3n) is 3.04. The van der Waals surface area contributed by atoms with Crippen LogP contribution >= 0.6 is 15.9 Å². The maximum atomic E-state index is 4.36. The van der Waals surface area contributed by atoms with Crippen molar-refractivity contribution in [3.63, 3.8) is 0 Å². The molecule has 1 aromatic heterocycles. The van der Waals surface area contributed by atoms with Crippen LogP contribution in [0.25, 0.3) is 0 Å². The summed E-state index contributed by atoms with van der Waals surface area (Å²) in [6.07, 6.45) is 8.56. The summed E-state index contributed by atoms with van der Waals surface area (Å²) in [6, 6.07) is 6.15. The predicted octanol–water partition coefficient (Wildman–Crippen LogP) is 3.58. The maximum Gasteiger partial charge on any atom is 0.0414 e. The zero-order chi connectivity index (χ0) is 9.80. The Morgan fingerprint density at radius 3 is 2.79 bits per heavy atom. The lowest BCUT2D eigenvalue weighted by atomic mass is 10.0. The van der Waals surface area contributed by atoms with Crippen LogP contribution in [0.1, 0.15) is 31.4 Å². The van der Waals surface area contributed by atoms with E-state index in [1.807, 2.05) is 12.3 Å². The molecule has 1 unspecified atom stereocenters. The molecule has 1 heterocycles. The zero-order valence-corrected chi connectivity index (χ0v) is 9.91. The number of hydrogen-bond donors (Lipinski definition) is 0. The van der Waals surface area contributed by atoms with Gasteiger partial charge >= 0.3 is 0 Å². The lowest BCUT2D eigenvalue weighted by molar-refractivity contribution is 0.522. The van der Waals surface area contributed by atoms with Crippen LogP contribution in [0, 0.1) is 5.92 Å². The molecule has 0 radical (unpaired) electrons. The fourth-order valence-electron chi connectivity index (χ4n) is 2.20. The highest BCUT2D eigenvalue weighted by molar-refractivity contribution is 9.09. The van der Waals surface area contributed by atoms with Gasteiger partial charge in [0.15, 0.2) is 0 Å². The SMILES string of the molecule is BrC(Cc1ccccn1)C1CCCC1. The van der Waals surface area contributed by atoms with Crippen LogP contribution in [0.3, 0.4) is 0 Å². The van der Waals surface area contributed by atoms with E-state index in [0.29, 0.717) is 4.83 Å². The largest absolute Gasteiger partial charge is 0.261 e. The van der Waals surface area contributed by atoms with Gasteiger partial charge in [-0.2, -0.15) is 0 Å². The molecule has 1 aromatic rings. The molecule has 0 spiro atoms. The van der Waals surface area contributed by atoms with Crippen LogP contribution in [0.4, 0.5) is 0 Å². The second kappa shape index (κ2) is 4.92. The Hall–Kier alpha value is -0.370. The van der Waals surface area contributed by atoms with E-state index in [-0.39, 0.29) is 0 Å². The monoisotopic (exact) mass is 253 g/mol. The van der Waals surface area contributed by atoms with Gasteiger partial charge in [-0.1, -0.05) is 34.8 Å². The molecule has 0 aliphatic heterocycles. The molecule has 0 saturated heterocycles. The minimum atomic E-state index is 0.625. The van der Waals surface area contributed by atoms with E-state index in [2.05, 4.69) is 33.0 Å². The number of hydrogen-bond acceptors (Lipinski definition) is 1. The highest BCUT2D eigenvalue weighted by atomic mass is 79.9. The van der Waals surface area contributed by atoms with Crippen LogP contribution < -0.4 is 0 Å². The first kappa shape index (κ1) is 10.2. The van der Waals surface area contributed by atoms with Gasteiger partial charge in [-0.15, -0.1) is 0 Å². The van der Waals surface area contributed by atoms with Crippen molar-refractivity contribution < 1.29 is 0 Å². The molecule has 0 amide bonds. The molecular weight excluding hydrogens is 238 g/mol. The maximum absolute atomic E-state index is 4.36. The molecule has 1 atom stereocenters. The normalized spacial score (nSPS) is 19.8. The summed E-state index contributed by atoms with van der Waals surface area (Å²) >= 11 is 3.80. The quantitative estimate of drug-likeness (QED) is 0.751. The Balaban J connectivity index is 1.90. The smallest absolute Gasteiger partial charge is 0.0414 e. The van der Waals surface area contributed by atoms with Gasteiger partial charge < -0.3 is 0 Å². The molecule has 0 N–H and O–H groups in total. The predicted molar refractivity (Wildman–Crippen MR) is 62.6 cm³/mol. The third-order valence-corrected chi connectivity index (χ3v) is 4.11. The Bertz CT molecular complexity index is 267. The van der Waals surface area contributed by atoms with Crippen molar-refractivity contribution in [3.8, 4) is 0 Å². The van der Waals surface area contributed by atoms with Crippen molar-refractivity contribution in [2.45, 2.75) is 36.9 Å². The van der Waals surface area contributed by atoms with Crippen molar-refractivity contribution in [2.75, 3.05) is 0 Å². The summed E-state index contributed by atoms with van der Waals surface area (Å²) in [5.74, 6) is 0.872. The van der Waals surface area contributed by atoms with Gasteiger partial charge in [-0.05, 0) is 30.9 Å². The van der Waals surface area contributed by atoms with Crippen LogP contribution in [-0.4, -0.2) is 9.81 Å². The third kappa shape index (κ3) is 2.57. The van der Waals surface area contributed by atoms with Crippen molar-refractivity contribution in [1.29, 1.82) is 0 Å². The van der Waals surface area contributed by atoms with Crippen molar-refractivity contribution in [1.82, 2.24) is 4.98 Å². The molecule has 1 saturated carbocycles. The molecule has 0 aromatic carbocycles. The van der Waals surface area contributed by atoms with Crippen molar-refractivity contribution >= 4 is 15.9 Å². The Morgan fingerprint density at radius 1 is 1.36 bits per heavy atom. The molecule has 2 rings (SSSR count). The summed E-state index contributed by atoms with van der Waals surface area (Å²) in [7, 11) is 0. The van der Waals surface area contributed by atoms with Crippen LogP contribution in [0.15, 0.2) is 24.4 Å². The van der Waals surface area contributed by atoms with Crippen molar-refractivity contribution in [2.24, 2.45) is 5.92 Å². The average molecular weight is 254 g/mol. The highest BCUT2D eigenvalue weighted by Gasteiger charge is 2.22. The van der Waals surface area contributed by atoms with E-state index >= 15 is 0 Å². The van der Waals surface area contributed by atoms with Gasteiger partial charge in [-0.25, -0.2) is 0 Å². The zero-order valence-electron chi connectivity index (χ0n) is 8.32. The number of aromatic nitrogens is 1. The first-order valence-electron chi connectivity index (χ1n) is 5.40. The molecule has 1 nitrogen and oxygen atoms in total. The van der Waals surface area contributed by atoms with E-state index in [1.165, 1.54) is 31.4 Å². The molecule has 76 valence electrons. The van der Waals surface area contributed by atoms with Gasteiger partial charge in [0.2, 0.25) is 0 Å². The average Bonchev–Trinajstić information content (AvgIpc) is 2.72. The van der Waals surface area contributed by atoms with Crippen LogP contribution in [-0.2, 0) is 6.42 Å². The summed E-state index contributed by atoms with van der Waals surface area (Å²) in [5.41, 5.74) is 1.21. The molecule has 0 bridgehead atoms. The number of rotatable bonds is 3. The standard InChI is InChI=1S/C12H16BrN/c13-12(10-5-1-2-6-10)9-11-7-3-4-8-14-11/h3-4,7-8,10,12H,1-2,5-6,9H2. The topological polar surface area (TPSA) is 12.9 Å². The minimum absolute atomic E-state index is 0.625. The summed E-state index contributed by atoms with van der Waals surface area (Å²) in [6.45, 7) is 0. The lowest BCUT2D eigenvalue weighted by Gasteiger charge is -2.16. The van der Waals surface area contributed by atoms with Gasteiger partial charge in [-0.3, -0.25) is 4.98 Å². The van der Waals surface area contributed by atoms with E-state index in [4.69, 9.17) is 0 Å². The molecule has 1 aliphatic carbocycles. The Morgan fingerprint density at radius 2 is 2.14 bits per heavy atom. The molecule has 1 aliphatic rings. The first-order valence-corrected chi connectivity index (χ1v) is 6.32. The number of pyridine rings is 1. The van der Waals surface area contributed by atoms with Crippen LogP contribution in [0.2, 0.25) is 0 Å². The Kier molecular flexibility index (Phi) is 3.57. The summed E-state index contributed by atoms with van der Waals surface area (Å²) in [4.78, 5) is 4.99. The summed E-state index contributed by atoms with van der Waals surface area (Å²) < 4.78 is 0. The molecular formula is C12H16BrN. The van der Waals surface area contributed by atoms with E-state index < -0.39 is 0 Å².